The molecule has 2 heterocycles. The lowest BCUT2D eigenvalue weighted by Gasteiger charge is -2.20. The van der Waals surface area contributed by atoms with Gasteiger partial charge in [0.1, 0.15) is 0 Å². The van der Waals surface area contributed by atoms with E-state index in [1.807, 2.05) is 35.1 Å². The number of hydrogen-bond acceptors (Lipinski definition) is 3. The number of rotatable bonds is 3. The van der Waals surface area contributed by atoms with Crippen LogP contribution in [0.2, 0.25) is 5.02 Å². The molecule has 0 radical (unpaired) electrons. The third-order valence-corrected chi connectivity index (χ3v) is 3.69. The van der Waals surface area contributed by atoms with Crippen molar-refractivity contribution in [3.05, 3.63) is 46.7 Å². The van der Waals surface area contributed by atoms with Crippen molar-refractivity contribution in [3.8, 4) is 0 Å². The molecule has 1 fully saturated rings. The summed E-state index contributed by atoms with van der Waals surface area (Å²) in [6.45, 7) is 1.78. The maximum absolute atomic E-state index is 5.98. The van der Waals surface area contributed by atoms with E-state index < -0.39 is 0 Å². The maximum atomic E-state index is 5.98. The smallest absolute Gasteiger partial charge is 0.0996 e. The lowest BCUT2D eigenvalue weighted by Crippen LogP contribution is -2.27. The molecule has 1 unspecified atom stereocenters. The van der Waals surface area contributed by atoms with Crippen LogP contribution in [0.5, 0.6) is 0 Å². The molecule has 0 amide bonds. The van der Waals surface area contributed by atoms with Crippen LogP contribution in [0.25, 0.3) is 0 Å². The monoisotopic (exact) mass is 276 g/mol. The number of nitrogens with one attached hydrogen (secondary N) is 1. The lowest BCUT2D eigenvalue weighted by atomic mass is 10.0. The first-order valence-corrected chi connectivity index (χ1v) is 7.07. The molecule has 1 aromatic heterocycles. The average molecular weight is 277 g/mol. The number of aromatic nitrogens is 3. The molecule has 4 nitrogen and oxygen atoms in total. The Morgan fingerprint density at radius 3 is 3.11 bits per heavy atom. The van der Waals surface area contributed by atoms with Gasteiger partial charge in [0, 0.05) is 5.02 Å². The van der Waals surface area contributed by atoms with E-state index in [0.29, 0.717) is 12.6 Å². The van der Waals surface area contributed by atoms with Gasteiger partial charge < -0.3 is 5.32 Å². The van der Waals surface area contributed by atoms with Gasteiger partial charge in [0.15, 0.2) is 0 Å². The summed E-state index contributed by atoms with van der Waals surface area (Å²) >= 11 is 5.98. The molecular formula is C14H17ClN4. The molecule has 1 aliphatic heterocycles. The van der Waals surface area contributed by atoms with E-state index in [0.717, 1.165) is 29.2 Å². The standard InChI is InChI=1S/C14H17ClN4/c15-12-5-3-4-11(8-12)9-19-10-14(17-18-19)13-6-1-2-7-16-13/h3-5,8,10,13,16H,1-2,6-7,9H2. The molecule has 100 valence electrons. The van der Waals surface area contributed by atoms with Gasteiger partial charge in [-0.3, -0.25) is 0 Å². The lowest BCUT2D eigenvalue weighted by molar-refractivity contribution is 0.405. The number of hydrogen-bond donors (Lipinski definition) is 1. The SMILES string of the molecule is Clc1cccc(Cn2cc(C3CCCCN3)nn2)c1. The second-order valence-electron chi connectivity index (χ2n) is 4.97. The minimum Gasteiger partial charge on any atom is -0.309 e. The summed E-state index contributed by atoms with van der Waals surface area (Å²) in [7, 11) is 0. The van der Waals surface area contributed by atoms with Gasteiger partial charge in [-0.1, -0.05) is 35.4 Å². The molecule has 1 atom stereocenters. The Balaban J connectivity index is 1.70. The van der Waals surface area contributed by atoms with Crippen LogP contribution in [0.4, 0.5) is 0 Å². The first-order valence-electron chi connectivity index (χ1n) is 6.69. The Morgan fingerprint density at radius 1 is 1.37 bits per heavy atom. The van der Waals surface area contributed by atoms with E-state index in [2.05, 4.69) is 15.6 Å². The second kappa shape index (κ2) is 5.72. The van der Waals surface area contributed by atoms with Gasteiger partial charge in [-0.15, -0.1) is 5.10 Å². The fourth-order valence-corrected chi connectivity index (χ4v) is 2.69. The zero-order valence-electron chi connectivity index (χ0n) is 10.7. The quantitative estimate of drug-likeness (QED) is 0.937. The van der Waals surface area contributed by atoms with Gasteiger partial charge in [0.05, 0.1) is 24.5 Å². The van der Waals surface area contributed by atoms with Gasteiger partial charge in [-0.2, -0.15) is 0 Å². The third kappa shape index (κ3) is 3.14. The predicted octanol–water partition coefficient (Wildman–Crippen LogP) is 2.79. The summed E-state index contributed by atoms with van der Waals surface area (Å²) < 4.78 is 1.87. The van der Waals surface area contributed by atoms with Crippen molar-refractivity contribution in [1.29, 1.82) is 0 Å². The van der Waals surface area contributed by atoms with E-state index >= 15 is 0 Å². The zero-order chi connectivity index (χ0) is 13.1. The zero-order valence-corrected chi connectivity index (χ0v) is 11.5. The molecule has 19 heavy (non-hydrogen) atoms. The van der Waals surface area contributed by atoms with Gasteiger partial charge in [0.2, 0.25) is 0 Å². The van der Waals surface area contributed by atoms with Crippen LogP contribution < -0.4 is 5.32 Å². The number of piperidine rings is 1. The molecule has 1 aliphatic rings. The molecule has 2 aromatic rings. The molecule has 5 heteroatoms. The molecule has 0 aliphatic carbocycles. The van der Waals surface area contributed by atoms with E-state index in [9.17, 15) is 0 Å². The van der Waals surface area contributed by atoms with E-state index in [-0.39, 0.29) is 0 Å². The largest absolute Gasteiger partial charge is 0.309 e. The first kappa shape index (κ1) is 12.6. The van der Waals surface area contributed by atoms with Crippen LogP contribution in [0, 0.1) is 0 Å². The Hall–Kier alpha value is -1.39. The molecule has 1 aromatic carbocycles. The normalized spacial score (nSPS) is 19.5. The van der Waals surface area contributed by atoms with Crippen LogP contribution >= 0.6 is 11.6 Å². The van der Waals surface area contributed by atoms with Crippen LogP contribution in [0.15, 0.2) is 30.5 Å². The molecule has 1 N–H and O–H groups in total. The first-order chi connectivity index (χ1) is 9.31. The summed E-state index contributed by atoms with van der Waals surface area (Å²) in [6.07, 6.45) is 5.70. The number of benzene rings is 1. The summed E-state index contributed by atoms with van der Waals surface area (Å²) in [5.74, 6) is 0. The fraction of sp³-hybridized carbons (Fsp3) is 0.429. The summed E-state index contributed by atoms with van der Waals surface area (Å²) in [5, 5.41) is 12.7. The fourth-order valence-electron chi connectivity index (χ4n) is 2.48. The third-order valence-electron chi connectivity index (χ3n) is 3.46. The summed E-state index contributed by atoms with van der Waals surface area (Å²) in [4.78, 5) is 0. The number of halogens is 1. The highest BCUT2D eigenvalue weighted by molar-refractivity contribution is 6.30. The van der Waals surface area contributed by atoms with Gasteiger partial charge >= 0.3 is 0 Å². The van der Waals surface area contributed by atoms with Crippen molar-refractivity contribution in [1.82, 2.24) is 20.3 Å². The second-order valence-corrected chi connectivity index (χ2v) is 5.41. The molecular weight excluding hydrogens is 260 g/mol. The van der Waals surface area contributed by atoms with Crippen LogP contribution in [-0.2, 0) is 6.54 Å². The Kier molecular flexibility index (Phi) is 3.80. The summed E-state index contributed by atoms with van der Waals surface area (Å²) in [5.41, 5.74) is 2.18. The van der Waals surface area contributed by atoms with E-state index in [1.165, 1.54) is 12.8 Å². The van der Waals surface area contributed by atoms with Crippen molar-refractivity contribution in [2.75, 3.05) is 6.54 Å². The number of nitrogens with zero attached hydrogens (tertiary/aromatic N) is 3. The predicted molar refractivity (Wildman–Crippen MR) is 75.2 cm³/mol. The minimum absolute atomic E-state index is 0.363. The summed E-state index contributed by atoms with van der Waals surface area (Å²) in [6, 6.07) is 8.21. The topological polar surface area (TPSA) is 42.7 Å². The highest BCUT2D eigenvalue weighted by Gasteiger charge is 2.17. The highest BCUT2D eigenvalue weighted by atomic mass is 35.5. The van der Waals surface area contributed by atoms with Crippen molar-refractivity contribution in [3.63, 3.8) is 0 Å². The molecule has 3 rings (SSSR count). The van der Waals surface area contributed by atoms with Crippen LogP contribution in [0.1, 0.15) is 36.6 Å². The van der Waals surface area contributed by atoms with Gasteiger partial charge in [-0.25, -0.2) is 4.68 Å². The van der Waals surface area contributed by atoms with Crippen LogP contribution in [-0.4, -0.2) is 21.5 Å². The van der Waals surface area contributed by atoms with Crippen molar-refractivity contribution in [2.24, 2.45) is 0 Å². The minimum atomic E-state index is 0.363. The highest BCUT2D eigenvalue weighted by Crippen LogP contribution is 2.20. The maximum Gasteiger partial charge on any atom is 0.0996 e. The molecule has 0 saturated carbocycles. The van der Waals surface area contributed by atoms with Gasteiger partial charge in [0.25, 0.3) is 0 Å². The average Bonchev–Trinajstić information content (AvgIpc) is 2.88. The van der Waals surface area contributed by atoms with E-state index in [1.54, 1.807) is 0 Å². The van der Waals surface area contributed by atoms with Crippen molar-refractivity contribution < 1.29 is 0 Å². The Bertz CT molecular complexity index is 546. The Morgan fingerprint density at radius 2 is 2.32 bits per heavy atom. The molecule has 0 spiro atoms. The molecule has 1 saturated heterocycles. The van der Waals surface area contributed by atoms with Crippen molar-refractivity contribution >= 4 is 11.6 Å². The van der Waals surface area contributed by atoms with E-state index in [4.69, 9.17) is 11.6 Å². The Labute approximate surface area is 117 Å². The van der Waals surface area contributed by atoms with Crippen molar-refractivity contribution in [2.45, 2.75) is 31.8 Å². The van der Waals surface area contributed by atoms with Crippen LogP contribution in [0.3, 0.4) is 0 Å². The molecule has 0 bridgehead atoms. The van der Waals surface area contributed by atoms with Gasteiger partial charge in [-0.05, 0) is 37.1 Å².